The van der Waals surface area contributed by atoms with Crippen LogP contribution in [0.15, 0.2) is 0 Å². The summed E-state index contributed by atoms with van der Waals surface area (Å²) in [4.78, 5) is 0. The summed E-state index contributed by atoms with van der Waals surface area (Å²) in [7, 11) is 0. The lowest BCUT2D eigenvalue weighted by Crippen LogP contribution is -2.07. The molecule has 0 aromatic rings. The van der Waals surface area contributed by atoms with Crippen molar-refractivity contribution in [2.24, 2.45) is 11.3 Å². The molecule has 0 aliphatic carbocycles. The summed E-state index contributed by atoms with van der Waals surface area (Å²) in [5, 5.41) is 1.17. The monoisotopic (exact) mass is 234 g/mol. The molecule has 0 amide bonds. The number of hydrogen-bond donors (Lipinski definition) is 0. The average molecular weight is 235 g/mol. The third kappa shape index (κ3) is 7.15. The molecule has 0 aliphatic heterocycles. The first-order valence-electron chi connectivity index (χ1n) is 5.05. The van der Waals surface area contributed by atoms with Gasteiger partial charge in [-0.1, -0.05) is 56.5 Å². The zero-order valence-electron chi connectivity index (χ0n) is 8.99. The first-order valence-corrected chi connectivity index (χ1v) is 6.17. The molecule has 1 heteroatoms. The smallest absolute Gasteiger partial charge is 0.00595 e. The Kier molecular flexibility index (Phi) is 6.25. The van der Waals surface area contributed by atoms with Gasteiger partial charge in [0.15, 0.2) is 0 Å². The minimum atomic E-state index is 0.518. The van der Waals surface area contributed by atoms with Gasteiger partial charge in [0.05, 0.1) is 0 Å². The minimum Gasteiger partial charge on any atom is -0.0925 e. The first-order chi connectivity index (χ1) is 5.49. The molecule has 0 aromatic carbocycles. The van der Waals surface area contributed by atoms with E-state index in [0.717, 1.165) is 5.92 Å². The fourth-order valence-electron chi connectivity index (χ4n) is 1.31. The van der Waals surface area contributed by atoms with Gasteiger partial charge in [-0.05, 0) is 24.2 Å². The van der Waals surface area contributed by atoms with Crippen molar-refractivity contribution in [3.63, 3.8) is 0 Å². The lowest BCUT2D eigenvalue weighted by Gasteiger charge is -2.19. The van der Waals surface area contributed by atoms with E-state index in [0.29, 0.717) is 5.41 Å². The second kappa shape index (κ2) is 6.01. The third-order valence-corrected chi connectivity index (χ3v) is 3.25. The van der Waals surface area contributed by atoms with Crippen molar-refractivity contribution in [1.82, 2.24) is 0 Å². The fourth-order valence-corrected chi connectivity index (χ4v) is 2.09. The highest BCUT2D eigenvalue weighted by Gasteiger charge is 2.11. The van der Waals surface area contributed by atoms with E-state index in [1.54, 1.807) is 0 Å². The summed E-state index contributed by atoms with van der Waals surface area (Å²) < 4.78 is 0. The molecule has 0 heterocycles. The predicted octanol–water partition coefficient (Wildman–Crippen LogP) is 4.62. The molecule has 0 radical (unpaired) electrons. The Morgan fingerprint density at radius 1 is 1.25 bits per heavy atom. The van der Waals surface area contributed by atoms with Crippen molar-refractivity contribution in [3.05, 3.63) is 0 Å². The molecule has 0 bridgehead atoms. The summed E-state index contributed by atoms with van der Waals surface area (Å²) >= 11 is 3.56. The fraction of sp³-hybridized carbons (Fsp3) is 1.00. The summed E-state index contributed by atoms with van der Waals surface area (Å²) in [6.45, 7) is 9.25. The van der Waals surface area contributed by atoms with Gasteiger partial charge < -0.3 is 0 Å². The lowest BCUT2D eigenvalue weighted by atomic mass is 9.88. The summed E-state index contributed by atoms with van der Waals surface area (Å²) in [5.74, 6) is 0.896. The quantitative estimate of drug-likeness (QED) is 0.610. The third-order valence-electron chi connectivity index (χ3n) is 2.33. The van der Waals surface area contributed by atoms with E-state index in [2.05, 4.69) is 43.6 Å². The van der Waals surface area contributed by atoms with E-state index in [1.807, 2.05) is 0 Å². The maximum absolute atomic E-state index is 3.56. The van der Waals surface area contributed by atoms with Crippen LogP contribution in [0, 0.1) is 11.3 Å². The van der Waals surface area contributed by atoms with Crippen LogP contribution in [0.5, 0.6) is 0 Å². The van der Waals surface area contributed by atoms with E-state index in [-0.39, 0.29) is 0 Å². The van der Waals surface area contributed by atoms with Gasteiger partial charge >= 0.3 is 0 Å². The molecule has 12 heavy (non-hydrogen) atoms. The van der Waals surface area contributed by atoms with E-state index in [9.17, 15) is 0 Å². The summed E-state index contributed by atoms with van der Waals surface area (Å²) in [6, 6.07) is 0. The Morgan fingerprint density at radius 2 is 1.83 bits per heavy atom. The molecule has 0 aliphatic rings. The molecule has 0 spiro atoms. The van der Waals surface area contributed by atoms with Gasteiger partial charge in [0, 0.05) is 5.33 Å². The molecule has 0 rings (SSSR count). The second-order valence-corrected chi connectivity index (χ2v) is 5.53. The Bertz CT molecular complexity index is 98.1. The Labute approximate surface area is 86.3 Å². The van der Waals surface area contributed by atoms with Crippen LogP contribution in [0.2, 0.25) is 0 Å². The van der Waals surface area contributed by atoms with Crippen LogP contribution in [0.1, 0.15) is 53.4 Å². The largest absolute Gasteiger partial charge is 0.0925 e. The molecule has 1 unspecified atom stereocenters. The maximum atomic E-state index is 3.56. The maximum Gasteiger partial charge on any atom is 0.00595 e. The van der Waals surface area contributed by atoms with Gasteiger partial charge in [0.1, 0.15) is 0 Å². The number of halogens is 1. The van der Waals surface area contributed by atoms with E-state index in [1.165, 1.54) is 31.0 Å². The van der Waals surface area contributed by atoms with Crippen LogP contribution < -0.4 is 0 Å². The van der Waals surface area contributed by atoms with E-state index >= 15 is 0 Å². The van der Waals surface area contributed by atoms with Gasteiger partial charge in [0.2, 0.25) is 0 Å². The highest BCUT2D eigenvalue weighted by atomic mass is 79.9. The Morgan fingerprint density at radius 3 is 2.17 bits per heavy atom. The molecule has 0 saturated heterocycles. The normalized spacial score (nSPS) is 14.8. The molecular weight excluding hydrogens is 212 g/mol. The van der Waals surface area contributed by atoms with Crippen LogP contribution in [-0.2, 0) is 0 Å². The number of rotatable bonds is 5. The van der Waals surface area contributed by atoms with Crippen molar-refractivity contribution < 1.29 is 0 Å². The highest BCUT2D eigenvalue weighted by Crippen LogP contribution is 2.24. The first kappa shape index (κ1) is 12.5. The van der Waals surface area contributed by atoms with Gasteiger partial charge in [-0.2, -0.15) is 0 Å². The zero-order valence-corrected chi connectivity index (χ0v) is 10.6. The van der Waals surface area contributed by atoms with Crippen LogP contribution >= 0.6 is 15.9 Å². The van der Waals surface area contributed by atoms with Crippen LogP contribution in [0.4, 0.5) is 0 Å². The van der Waals surface area contributed by atoms with Crippen LogP contribution in [0.25, 0.3) is 0 Å². The molecular formula is C11H23Br. The van der Waals surface area contributed by atoms with Crippen molar-refractivity contribution in [2.75, 3.05) is 5.33 Å². The van der Waals surface area contributed by atoms with Crippen molar-refractivity contribution >= 4 is 15.9 Å². The predicted molar refractivity (Wildman–Crippen MR) is 60.9 cm³/mol. The average Bonchev–Trinajstić information content (AvgIpc) is 1.96. The van der Waals surface area contributed by atoms with Crippen LogP contribution in [0.3, 0.4) is 0 Å². The standard InChI is InChI=1S/C11H23Br/c1-5-10(9-12)7-6-8-11(2,3)4/h10H,5-9H2,1-4H3. The van der Waals surface area contributed by atoms with Crippen molar-refractivity contribution in [1.29, 1.82) is 0 Å². The van der Waals surface area contributed by atoms with E-state index < -0.39 is 0 Å². The Hall–Kier alpha value is 0.480. The summed E-state index contributed by atoms with van der Waals surface area (Å²) in [6.07, 6.45) is 5.44. The second-order valence-electron chi connectivity index (χ2n) is 4.88. The molecule has 1 atom stereocenters. The van der Waals surface area contributed by atoms with Crippen molar-refractivity contribution in [3.8, 4) is 0 Å². The molecule has 0 N–H and O–H groups in total. The van der Waals surface area contributed by atoms with E-state index in [4.69, 9.17) is 0 Å². The number of alkyl halides is 1. The SMILES string of the molecule is CCC(CBr)CCCC(C)(C)C. The van der Waals surface area contributed by atoms with Crippen molar-refractivity contribution in [2.45, 2.75) is 53.4 Å². The molecule has 0 fully saturated rings. The van der Waals surface area contributed by atoms with Gasteiger partial charge in [-0.3, -0.25) is 0 Å². The molecule has 0 saturated carbocycles. The van der Waals surface area contributed by atoms with Gasteiger partial charge in [-0.15, -0.1) is 0 Å². The van der Waals surface area contributed by atoms with Gasteiger partial charge in [0.25, 0.3) is 0 Å². The minimum absolute atomic E-state index is 0.518. The zero-order chi connectivity index (χ0) is 9.61. The molecule has 0 aromatic heterocycles. The van der Waals surface area contributed by atoms with Gasteiger partial charge in [-0.25, -0.2) is 0 Å². The lowest BCUT2D eigenvalue weighted by molar-refractivity contribution is 0.342. The summed E-state index contributed by atoms with van der Waals surface area (Å²) in [5.41, 5.74) is 0.518. The Balaban J connectivity index is 3.41. The topological polar surface area (TPSA) is 0 Å². The highest BCUT2D eigenvalue weighted by molar-refractivity contribution is 9.09. The van der Waals surface area contributed by atoms with Crippen LogP contribution in [-0.4, -0.2) is 5.33 Å². The number of hydrogen-bond acceptors (Lipinski definition) is 0. The molecule has 0 nitrogen and oxygen atoms in total. The molecule has 74 valence electrons.